The summed E-state index contributed by atoms with van der Waals surface area (Å²) in [6.07, 6.45) is 2.55. The lowest BCUT2D eigenvalue weighted by Crippen LogP contribution is -2.07. The minimum absolute atomic E-state index is 0.297. The van der Waals surface area contributed by atoms with Gasteiger partial charge in [-0.2, -0.15) is 0 Å². The van der Waals surface area contributed by atoms with Crippen LogP contribution in [-0.4, -0.2) is 21.4 Å². The molecule has 0 aliphatic carbocycles. The number of aryl methyl sites for hydroxylation is 1. The largest absolute Gasteiger partial charge is 0.368 e. The fourth-order valence-corrected chi connectivity index (χ4v) is 0.700. The fraction of sp³-hybridized carbons (Fsp3) is 0.500. The van der Waals surface area contributed by atoms with Gasteiger partial charge < -0.3 is 9.84 Å². The Kier molecular flexibility index (Phi) is 3.13. The Morgan fingerprint density at radius 3 is 2.75 bits per heavy atom. The smallest absolute Gasteiger partial charge is 0.152 e. The summed E-state index contributed by atoms with van der Waals surface area (Å²) in [5, 5.41) is 8.80. The maximum Gasteiger partial charge on any atom is 0.152 e. The zero-order valence-electron chi connectivity index (χ0n) is 7.19. The van der Waals surface area contributed by atoms with E-state index in [-0.39, 0.29) is 0 Å². The molecule has 1 atom stereocenters. The van der Waals surface area contributed by atoms with Gasteiger partial charge in [0.25, 0.3) is 0 Å². The molecule has 0 bridgehead atoms. The second-order valence-electron chi connectivity index (χ2n) is 2.56. The first kappa shape index (κ1) is 9.09. The Balaban J connectivity index is 2.48. The zero-order valence-corrected chi connectivity index (χ0v) is 7.19. The number of nitrogens with zero attached hydrogens (tertiary/aromatic N) is 2. The van der Waals surface area contributed by atoms with E-state index in [1.807, 2.05) is 6.92 Å². The Morgan fingerprint density at radius 2 is 2.25 bits per heavy atom. The van der Waals surface area contributed by atoms with Gasteiger partial charge in [-0.3, -0.25) is 9.97 Å². The molecule has 1 unspecified atom stereocenters. The van der Waals surface area contributed by atoms with Gasteiger partial charge >= 0.3 is 0 Å². The molecule has 0 saturated heterocycles. The van der Waals surface area contributed by atoms with Crippen LogP contribution in [0, 0.1) is 6.92 Å². The monoisotopic (exact) mass is 168 g/mol. The normalized spacial score (nSPS) is 12.9. The molecule has 0 aliphatic rings. The van der Waals surface area contributed by atoms with Crippen LogP contribution in [0.15, 0.2) is 12.4 Å². The molecule has 0 aliphatic heterocycles. The molecule has 0 spiro atoms. The predicted octanol–water partition coefficient (Wildman–Crippen LogP) is 0.640. The lowest BCUT2D eigenvalue weighted by molar-refractivity contribution is -0.0949. The number of aliphatic hydroxyl groups excluding tert-OH is 1. The Morgan fingerprint density at radius 1 is 1.50 bits per heavy atom. The molecule has 4 heteroatoms. The highest BCUT2D eigenvalue weighted by atomic mass is 16.6. The summed E-state index contributed by atoms with van der Waals surface area (Å²) in [6, 6.07) is 0. The maximum absolute atomic E-state index is 8.80. The number of hydrogen-bond acceptors (Lipinski definition) is 4. The molecule has 0 saturated carbocycles. The molecule has 1 rings (SSSR count). The third kappa shape index (κ3) is 2.94. The Hall–Kier alpha value is -1.00. The Labute approximate surface area is 71.2 Å². The average molecular weight is 168 g/mol. The number of aliphatic hydroxyl groups is 1. The molecule has 1 aromatic rings. The van der Waals surface area contributed by atoms with Gasteiger partial charge in [-0.25, -0.2) is 0 Å². The molecule has 1 heterocycles. The van der Waals surface area contributed by atoms with E-state index in [0.717, 1.165) is 11.4 Å². The van der Waals surface area contributed by atoms with Gasteiger partial charge in [0.05, 0.1) is 24.2 Å². The first-order valence-corrected chi connectivity index (χ1v) is 3.75. The van der Waals surface area contributed by atoms with Crippen molar-refractivity contribution in [1.82, 2.24) is 9.97 Å². The SMILES string of the molecule is Cc1cnc(COC(C)O)cn1. The molecule has 0 amide bonds. The summed E-state index contributed by atoms with van der Waals surface area (Å²) in [6.45, 7) is 3.72. The molecule has 0 aromatic carbocycles. The van der Waals surface area contributed by atoms with Crippen molar-refractivity contribution >= 4 is 0 Å². The van der Waals surface area contributed by atoms with Gasteiger partial charge in [0.1, 0.15) is 0 Å². The van der Waals surface area contributed by atoms with Crippen LogP contribution < -0.4 is 0 Å². The lowest BCUT2D eigenvalue weighted by atomic mass is 10.4. The van der Waals surface area contributed by atoms with Crippen LogP contribution >= 0.6 is 0 Å². The molecular weight excluding hydrogens is 156 g/mol. The highest BCUT2D eigenvalue weighted by molar-refractivity contribution is 4.99. The summed E-state index contributed by atoms with van der Waals surface area (Å²) < 4.78 is 4.92. The minimum Gasteiger partial charge on any atom is -0.368 e. The average Bonchev–Trinajstić information content (AvgIpc) is 2.03. The van der Waals surface area contributed by atoms with Crippen LogP contribution in [0.2, 0.25) is 0 Å². The highest BCUT2D eigenvalue weighted by Gasteiger charge is 1.97. The van der Waals surface area contributed by atoms with E-state index in [1.54, 1.807) is 19.3 Å². The second kappa shape index (κ2) is 4.13. The van der Waals surface area contributed by atoms with Crippen molar-refractivity contribution in [2.75, 3.05) is 0 Å². The van der Waals surface area contributed by atoms with Gasteiger partial charge in [0, 0.05) is 6.20 Å². The van der Waals surface area contributed by atoms with E-state index in [1.165, 1.54) is 0 Å². The van der Waals surface area contributed by atoms with Gasteiger partial charge in [-0.15, -0.1) is 0 Å². The van der Waals surface area contributed by atoms with E-state index >= 15 is 0 Å². The van der Waals surface area contributed by atoms with Crippen molar-refractivity contribution in [2.24, 2.45) is 0 Å². The van der Waals surface area contributed by atoms with Crippen LogP contribution in [0.4, 0.5) is 0 Å². The number of ether oxygens (including phenoxy) is 1. The predicted molar refractivity (Wildman–Crippen MR) is 43.2 cm³/mol. The molecule has 12 heavy (non-hydrogen) atoms. The number of hydrogen-bond donors (Lipinski definition) is 1. The topological polar surface area (TPSA) is 55.2 Å². The van der Waals surface area contributed by atoms with Gasteiger partial charge in [-0.1, -0.05) is 0 Å². The van der Waals surface area contributed by atoms with E-state index in [9.17, 15) is 0 Å². The molecule has 66 valence electrons. The first-order valence-electron chi connectivity index (χ1n) is 3.75. The summed E-state index contributed by atoms with van der Waals surface area (Å²) in [4.78, 5) is 8.08. The van der Waals surface area contributed by atoms with E-state index < -0.39 is 6.29 Å². The van der Waals surface area contributed by atoms with Crippen LogP contribution in [0.5, 0.6) is 0 Å². The minimum atomic E-state index is -0.756. The van der Waals surface area contributed by atoms with Crippen LogP contribution in [0.3, 0.4) is 0 Å². The molecule has 1 aromatic heterocycles. The molecule has 0 fully saturated rings. The third-order valence-corrected chi connectivity index (χ3v) is 1.31. The number of aromatic nitrogens is 2. The van der Waals surface area contributed by atoms with Crippen LogP contribution in [-0.2, 0) is 11.3 Å². The zero-order chi connectivity index (χ0) is 8.97. The highest BCUT2D eigenvalue weighted by Crippen LogP contribution is 1.97. The first-order chi connectivity index (χ1) is 5.68. The third-order valence-electron chi connectivity index (χ3n) is 1.31. The molecule has 1 N–H and O–H groups in total. The van der Waals surface area contributed by atoms with Crippen molar-refractivity contribution in [3.05, 3.63) is 23.8 Å². The van der Waals surface area contributed by atoms with Crippen molar-refractivity contribution < 1.29 is 9.84 Å². The summed E-state index contributed by atoms with van der Waals surface area (Å²) >= 11 is 0. The molecule has 4 nitrogen and oxygen atoms in total. The van der Waals surface area contributed by atoms with E-state index in [0.29, 0.717) is 6.61 Å². The van der Waals surface area contributed by atoms with Crippen LogP contribution in [0.1, 0.15) is 18.3 Å². The van der Waals surface area contributed by atoms with Gasteiger partial charge in [0.2, 0.25) is 0 Å². The molecule has 0 radical (unpaired) electrons. The lowest BCUT2D eigenvalue weighted by Gasteiger charge is -2.04. The summed E-state index contributed by atoms with van der Waals surface area (Å²) in [5.41, 5.74) is 1.59. The summed E-state index contributed by atoms with van der Waals surface area (Å²) in [7, 11) is 0. The molecular formula is C8H12N2O2. The number of rotatable bonds is 3. The Bertz CT molecular complexity index is 233. The van der Waals surface area contributed by atoms with Gasteiger partial charge in [0.15, 0.2) is 6.29 Å². The maximum atomic E-state index is 8.80. The van der Waals surface area contributed by atoms with Crippen molar-refractivity contribution in [3.8, 4) is 0 Å². The van der Waals surface area contributed by atoms with Gasteiger partial charge in [-0.05, 0) is 13.8 Å². The fourth-order valence-electron chi connectivity index (χ4n) is 0.700. The standard InChI is InChI=1S/C8H12N2O2/c1-6-3-10-8(4-9-6)5-12-7(2)11/h3-4,7,11H,5H2,1-2H3. The second-order valence-corrected chi connectivity index (χ2v) is 2.56. The van der Waals surface area contributed by atoms with Crippen molar-refractivity contribution in [2.45, 2.75) is 26.7 Å². The van der Waals surface area contributed by atoms with Crippen molar-refractivity contribution in [1.29, 1.82) is 0 Å². The van der Waals surface area contributed by atoms with E-state index in [4.69, 9.17) is 9.84 Å². The van der Waals surface area contributed by atoms with Crippen molar-refractivity contribution in [3.63, 3.8) is 0 Å². The van der Waals surface area contributed by atoms with Crippen LogP contribution in [0.25, 0.3) is 0 Å². The quantitative estimate of drug-likeness (QED) is 0.673. The summed E-state index contributed by atoms with van der Waals surface area (Å²) in [5.74, 6) is 0. The van der Waals surface area contributed by atoms with E-state index in [2.05, 4.69) is 9.97 Å².